The van der Waals surface area contributed by atoms with Crippen molar-refractivity contribution in [2.24, 2.45) is 5.92 Å². The van der Waals surface area contributed by atoms with Crippen molar-refractivity contribution in [2.45, 2.75) is 53.1 Å². The van der Waals surface area contributed by atoms with Crippen LogP contribution in [-0.4, -0.2) is 42.4 Å². The van der Waals surface area contributed by atoms with E-state index in [-0.39, 0.29) is 31.4 Å². The molecule has 1 aliphatic rings. The predicted octanol–water partition coefficient (Wildman–Crippen LogP) is 4.58. The Morgan fingerprint density at radius 3 is 2.42 bits per heavy atom. The maximum atomic E-state index is 13.1. The summed E-state index contributed by atoms with van der Waals surface area (Å²) in [4.78, 5) is 39.9. The molecule has 2 amide bonds. The molecule has 1 N–H and O–H groups in total. The van der Waals surface area contributed by atoms with Crippen LogP contribution in [0.1, 0.15) is 57.6 Å². The van der Waals surface area contributed by atoms with Crippen LogP contribution in [0.2, 0.25) is 0 Å². The van der Waals surface area contributed by atoms with Gasteiger partial charge in [-0.2, -0.15) is 0 Å². The molecule has 0 saturated heterocycles. The third-order valence-corrected chi connectivity index (χ3v) is 6.19. The first kappa shape index (κ1) is 27.0. The second kappa shape index (κ2) is 12.9. The van der Waals surface area contributed by atoms with Gasteiger partial charge in [0.15, 0.2) is 0 Å². The van der Waals surface area contributed by atoms with Gasteiger partial charge >= 0.3 is 5.97 Å². The van der Waals surface area contributed by atoms with Gasteiger partial charge in [0, 0.05) is 24.6 Å². The molecule has 3 rings (SSSR count). The largest absolute Gasteiger partial charge is 0.489 e. The van der Waals surface area contributed by atoms with Gasteiger partial charge in [0.1, 0.15) is 18.9 Å². The minimum Gasteiger partial charge on any atom is -0.489 e. The number of rotatable bonds is 11. The van der Waals surface area contributed by atoms with Gasteiger partial charge in [0.05, 0.1) is 12.2 Å². The fourth-order valence-electron chi connectivity index (χ4n) is 4.20. The Morgan fingerprint density at radius 1 is 1.08 bits per heavy atom. The van der Waals surface area contributed by atoms with E-state index in [1.54, 1.807) is 13.8 Å². The molecule has 0 radical (unpaired) electrons. The van der Waals surface area contributed by atoms with Gasteiger partial charge in [-0.05, 0) is 49.4 Å². The van der Waals surface area contributed by atoms with E-state index in [4.69, 9.17) is 9.47 Å². The lowest BCUT2D eigenvalue weighted by molar-refractivity contribution is -0.141. The second-order valence-electron chi connectivity index (χ2n) is 9.33. The molecule has 36 heavy (non-hydrogen) atoms. The normalized spacial score (nSPS) is 15.8. The second-order valence-corrected chi connectivity index (χ2v) is 9.33. The number of hydrogen-bond acceptors (Lipinski definition) is 5. The van der Waals surface area contributed by atoms with Crippen molar-refractivity contribution in [2.75, 3.05) is 19.7 Å². The van der Waals surface area contributed by atoms with E-state index in [1.807, 2.05) is 54.6 Å². The summed E-state index contributed by atoms with van der Waals surface area (Å²) >= 11 is 0. The van der Waals surface area contributed by atoms with E-state index >= 15 is 0 Å². The summed E-state index contributed by atoms with van der Waals surface area (Å²) in [6.07, 6.45) is 0.935. The Morgan fingerprint density at radius 2 is 1.78 bits per heavy atom. The molecule has 0 fully saturated rings. The third kappa shape index (κ3) is 7.20. The van der Waals surface area contributed by atoms with Gasteiger partial charge < -0.3 is 19.7 Å². The van der Waals surface area contributed by atoms with Crippen molar-refractivity contribution in [1.82, 2.24) is 10.2 Å². The van der Waals surface area contributed by atoms with Crippen molar-refractivity contribution in [1.29, 1.82) is 0 Å². The Bertz CT molecular complexity index is 1080. The molecule has 1 heterocycles. The molecular weight excluding hydrogens is 456 g/mol. The van der Waals surface area contributed by atoms with E-state index in [2.05, 4.69) is 19.2 Å². The number of esters is 1. The lowest BCUT2D eigenvalue weighted by atomic mass is 9.83. The van der Waals surface area contributed by atoms with Gasteiger partial charge in [0.2, 0.25) is 11.8 Å². The number of benzene rings is 2. The predicted molar refractivity (Wildman–Crippen MR) is 138 cm³/mol. The highest BCUT2D eigenvalue weighted by atomic mass is 16.5. The van der Waals surface area contributed by atoms with Crippen molar-refractivity contribution < 1.29 is 23.9 Å². The van der Waals surface area contributed by atoms with Gasteiger partial charge in [-0.15, -0.1) is 0 Å². The standard InChI is InChI=1S/C29H36N2O5/c1-5-35-29(34)28-21(4)31(18-26(32)30-16-15-20(2)3)27(33)17-25(28)23-11-13-24(14-12-23)36-19-22-9-7-6-8-10-22/h6-14,20,25H,5,15-19H2,1-4H3,(H,30,32)/t25-/m0/s1. The first-order chi connectivity index (χ1) is 17.3. The average Bonchev–Trinajstić information content (AvgIpc) is 2.86. The van der Waals surface area contributed by atoms with E-state index in [9.17, 15) is 14.4 Å². The highest BCUT2D eigenvalue weighted by Gasteiger charge is 2.37. The quantitative estimate of drug-likeness (QED) is 0.464. The average molecular weight is 493 g/mol. The SMILES string of the molecule is CCOC(=O)C1=C(C)N(CC(=O)NCCC(C)C)C(=O)C[C@H]1c1ccc(OCc2ccccc2)cc1. The first-order valence-electron chi connectivity index (χ1n) is 12.5. The van der Waals surface area contributed by atoms with Crippen LogP contribution >= 0.6 is 0 Å². The third-order valence-electron chi connectivity index (χ3n) is 6.19. The Balaban J connectivity index is 1.78. The first-order valence-corrected chi connectivity index (χ1v) is 12.5. The number of allylic oxidation sites excluding steroid dienone is 1. The fraction of sp³-hybridized carbons (Fsp3) is 0.414. The summed E-state index contributed by atoms with van der Waals surface area (Å²) in [7, 11) is 0. The Labute approximate surface area is 213 Å². The van der Waals surface area contributed by atoms with E-state index in [1.165, 1.54) is 4.90 Å². The molecular formula is C29H36N2O5. The molecule has 1 aliphatic heterocycles. The van der Waals surface area contributed by atoms with Gasteiger partial charge in [-0.25, -0.2) is 4.79 Å². The monoisotopic (exact) mass is 492 g/mol. The van der Waals surface area contributed by atoms with Gasteiger partial charge in [0.25, 0.3) is 0 Å². The Hall–Kier alpha value is -3.61. The van der Waals surface area contributed by atoms with Gasteiger partial charge in [-0.3, -0.25) is 9.59 Å². The zero-order valence-corrected chi connectivity index (χ0v) is 21.6. The van der Waals surface area contributed by atoms with Crippen LogP contribution < -0.4 is 10.1 Å². The number of ether oxygens (including phenoxy) is 2. The minimum absolute atomic E-state index is 0.0784. The molecule has 0 unspecified atom stereocenters. The molecule has 7 nitrogen and oxygen atoms in total. The maximum absolute atomic E-state index is 13.1. The van der Waals surface area contributed by atoms with Crippen LogP contribution in [0.5, 0.6) is 5.75 Å². The van der Waals surface area contributed by atoms with E-state index < -0.39 is 11.9 Å². The summed E-state index contributed by atoms with van der Waals surface area (Å²) in [5, 5.41) is 2.86. The summed E-state index contributed by atoms with van der Waals surface area (Å²) in [5.74, 6) is -0.210. The number of carbonyl (C=O) groups is 3. The Kier molecular flexibility index (Phi) is 9.68. The zero-order chi connectivity index (χ0) is 26.1. The summed E-state index contributed by atoms with van der Waals surface area (Å²) in [6, 6.07) is 17.3. The molecule has 0 aromatic heterocycles. The molecule has 1 atom stereocenters. The highest BCUT2D eigenvalue weighted by molar-refractivity contribution is 5.97. The zero-order valence-electron chi connectivity index (χ0n) is 21.6. The number of carbonyl (C=O) groups excluding carboxylic acids is 3. The summed E-state index contributed by atoms with van der Waals surface area (Å²) in [6.45, 7) is 8.71. The lowest BCUT2D eigenvalue weighted by Gasteiger charge is -2.34. The topological polar surface area (TPSA) is 84.9 Å². The van der Waals surface area contributed by atoms with E-state index in [0.29, 0.717) is 36.1 Å². The van der Waals surface area contributed by atoms with Crippen LogP contribution in [0.3, 0.4) is 0 Å². The molecule has 192 valence electrons. The van der Waals surface area contributed by atoms with Crippen molar-refractivity contribution in [3.05, 3.63) is 77.0 Å². The molecule has 0 spiro atoms. The minimum atomic E-state index is -0.470. The summed E-state index contributed by atoms with van der Waals surface area (Å²) < 4.78 is 11.2. The van der Waals surface area contributed by atoms with Crippen LogP contribution in [0.15, 0.2) is 65.9 Å². The molecule has 0 aliphatic carbocycles. The highest BCUT2D eigenvalue weighted by Crippen LogP contribution is 2.37. The number of nitrogens with zero attached hydrogens (tertiary/aromatic N) is 1. The van der Waals surface area contributed by atoms with Crippen LogP contribution in [0.4, 0.5) is 0 Å². The number of nitrogens with one attached hydrogen (secondary N) is 1. The molecule has 0 saturated carbocycles. The molecule has 2 aromatic carbocycles. The number of amides is 2. The van der Waals surface area contributed by atoms with Crippen molar-refractivity contribution >= 4 is 17.8 Å². The van der Waals surface area contributed by atoms with Crippen LogP contribution in [0.25, 0.3) is 0 Å². The van der Waals surface area contributed by atoms with E-state index in [0.717, 1.165) is 17.5 Å². The van der Waals surface area contributed by atoms with Crippen LogP contribution in [-0.2, 0) is 25.7 Å². The maximum Gasteiger partial charge on any atom is 0.336 e. The molecule has 7 heteroatoms. The van der Waals surface area contributed by atoms with Crippen LogP contribution in [0, 0.1) is 5.92 Å². The van der Waals surface area contributed by atoms with Crippen molar-refractivity contribution in [3.8, 4) is 5.75 Å². The molecule has 2 aromatic rings. The van der Waals surface area contributed by atoms with Gasteiger partial charge in [-0.1, -0.05) is 56.3 Å². The van der Waals surface area contributed by atoms with Crippen molar-refractivity contribution in [3.63, 3.8) is 0 Å². The number of hydrogen-bond donors (Lipinski definition) is 1. The lowest BCUT2D eigenvalue weighted by Crippen LogP contribution is -2.44. The molecule has 0 bridgehead atoms. The fourth-order valence-corrected chi connectivity index (χ4v) is 4.20. The summed E-state index contributed by atoms with van der Waals surface area (Å²) in [5.41, 5.74) is 2.75. The smallest absolute Gasteiger partial charge is 0.336 e.